The standard InChI is InChI=1S/C30H37N3O8S/c1-18(2)15-33(42(37,38)21-9-10-24-23(14-21)19(3)28(35)31-24)16-26(34)25(13-20-7-5-4-6-8-20)32-30(36)41-27-17-40-29-22(27)11-12-39-29/h4-10,14,18,22,25-27,29,34H,3,11-13,15-17H2,1-2H3,(H,31,35)(H,32,36)/t22?,25-,26+,27?,29?/m0/s1. The number of nitrogens with one attached hydrogen (secondary N) is 2. The van der Waals surface area contributed by atoms with Crippen molar-refractivity contribution < 1.29 is 37.3 Å². The zero-order valence-electron chi connectivity index (χ0n) is 23.7. The molecule has 42 heavy (non-hydrogen) atoms. The molecule has 2 fully saturated rings. The van der Waals surface area contributed by atoms with Crippen molar-refractivity contribution in [1.29, 1.82) is 0 Å². The van der Waals surface area contributed by atoms with Crippen LogP contribution < -0.4 is 10.6 Å². The van der Waals surface area contributed by atoms with Gasteiger partial charge in [-0.05, 0) is 42.5 Å². The van der Waals surface area contributed by atoms with Crippen molar-refractivity contribution in [2.24, 2.45) is 11.8 Å². The Morgan fingerprint density at radius 1 is 1.19 bits per heavy atom. The molecule has 3 N–H and O–H groups in total. The first-order valence-corrected chi connectivity index (χ1v) is 15.5. The molecule has 3 aliphatic rings. The van der Waals surface area contributed by atoms with Crippen molar-refractivity contribution in [1.82, 2.24) is 9.62 Å². The fraction of sp³-hybridized carbons (Fsp3) is 0.467. The second kappa shape index (κ2) is 12.5. The molecule has 226 valence electrons. The molecule has 5 atom stereocenters. The molecule has 0 bridgehead atoms. The van der Waals surface area contributed by atoms with E-state index in [2.05, 4.69) is 17.2 Å². The molecule has 0 radical (unpaired) electrons. The van der Waals surface area contributed by atoms with Crippen LogP contribution in [0.25, 0.3) is 5.57 Å². The van der Waals surface area contributed by atoms with Gasteiger partial charge in [0, 0.05) is 29.9 Å². The lowest BCUT2D eigenvalue weighted by molar-refractivity contribution is -0.110. The van der Waals surface area contributed by atoms with Crippen LogP contribution in [0.5, 0.6) is 0 Å². The molecule has 3 unspecified atom stereocenters. The van der Waals surface area contributed by atoms with Gasteiger partial charge in [0.25, 0.3) is 5.91 Å². The molecule has 3 aliphatic heterocycles. The largest absolute Gasteiger partial charge is 0.443 e. The van der Waals surface area contributed by atoms with Crippen molar-refractivity contribution in [2.45, 2.75) is 56.1 Å². The second-order valence-corrected chi connectivity index (χ2v) is 13.3. The van der Waals surface area contributed by atoms with Crippen molar-refractivity contribution >= 4 is 33.3 Å². The highest BCUT2D eigenvalue weighted by Crippen LogP contribution is 2.34. The Morgan fingerprint density at radius 3 is 2.69 bits per heavy atom. The Labute approximate surface area is 245 Å². The molecule has 0 aliphatic carbocycles. The minimum atomic E-state index is -4.10. The molecule has 2 saturated heterocycles. The van der Waals surface area contributed by atoms with E-state index in [4.69, 9.17) is 14.2 Å². The Balaban J connectivity index is 1.35. The van der Waals surface area contributed by atoms with E-state index in [1.165, 1.54) is 22.5 Å². The quantitative estimate of drug-likeness (QED) is 0.335. The zero-order chi connectivity index (χ0) is 30.0. The average molecular weight is 600 g/mol. The third kappa shape index (κ3) is 6.52. The number of benzene rings is 2. The molecular weight excluding hydrogens is 562 g/mol. The lowest BCUT2D eigenvalue weighted by Crippen LogP contribution is -2.51. The molecule has 0 saturated carbocycles. The number of carbonyl (C=O) groups excluding carboxylic acids is 2. The lowest BCUT2D eigenvalue weighted by atomic mass is 10.0. The maximum absolute atomic E-state index is 13.9. The average Bonchev–Trinajstić information content (AvgIpc) is 3.64. The number of anilines is 1. The SMILES string of the molecule is C=C1C(=O)Nc2ccc(S(=O)(=O)N(CC(C)C)C[C@@H](O)[C@H](Cc3ccccc3)NC(=O)OC3COC4OCCC34)cc21. The topological polar surface area (TPSA) is 144 Å². The Bertz CT molecular complexity index is 1430. The summed E-state index contributed by atoms with van der Waals surface area (Å²) in [6.07, 6.45) is -1.88. The van der Waals surface area contributed by atoms with Gasteiger partial charge in [0.1, 0.15) is 6.10 Å². The van der Waals surface area contributed by atoms with Gasteiger partial charge in [-0.3, -0.25) is 4.79 Å². The summed E-state index contributed by atoms with van der Waals surface area (Å²) >= 11 is 0. The number of alkyl carbamates (subject to hydrolysis) is 1. The number of aliphatic hydroxyl groups is 1. The Morgan fingerprint density at radius 2 is 1.95 bits per heavy atom. The van der Waals surface area contributed by atoms with Gasteiger partial charge in [-0.15, -0.1) is 0 Å². The van der Waals surface area contributed by atoms with Crippen LogP contribution in [-0.2, 0) is 35.4 Å². The van der Waals surface area contributed by atoms with Crippen LogP contribution in [0.4, 0.5) is 10.5 Å². The Hall–Kier alpha value is -3.29. The smallest absolute Gasteiger partial charge is 0.407 e. The maximum Gasteiger partial charge on any atom is 0.407 e. The summed E-state index contributed by atoms with van der Waals surface area (Å²) in [5, 5.41) is 16.9. The predicted octanol–water partition coefficient (Wildman–Crippen LogP) is 2.76. The summed E-state index contributed by atoms with van der Waals surface area (Å²) in [6, 6.07) is 12.8. The van der Waals surface area contributed by atoms with Gasteiger partial charge in [-0.25, -0.2) is 13.2 Å². The molecule has 3 heterocycles. The first-order chi connectivity index (χ1) is 20.0. The van der Waals surface area contributed by atoms with E-state index in [9.17, 15) is 23.1 Å². The number of nitrogens with zero attached hydrogens (tertiary/aromatic N) is 1. The second-order valence-electron chi connectivity index (χ2n) is 11.3. The first-order valence-electron chi connectivity index (χ1n) is 14.1. The zero-order valence-corrected chi connectivity index (χ0v) is 24.5. The normalized spacial score (nSPS) is 23.0. The fourth-order valence-electron chi connectivity index (χ4n) is 5.55. The van der Waals surface area contributed by atoms with E-state index < -0.39 is 34.4 Å². The van der Waals surface area contributed by atoms with Gasteiger partial charge in [0.05, 0.1) is 36.2 Å². The van der Waals surface area contributed by atoms with Gasteiger partial charge < -0.3 is 30.0 Å². The van der Waals surface area contributed by atoms with E-state index >= 15 is 0 Å². The molecule has 5 rings (SSSR count). The molecule has 2 aromatic carbocycles. The van der Waals surface area contributed by atoms with Crippen LogP contribution in [-0.4, -0.2) is 80.7 Å². The molecule has 2 amide bonds. The summed E-state index contributed by atoms with van der Waals surface area (Å²) in [6.45, 7) is 8.12. The van der Waals surface area contributed by atoms with Crippen LogP contribution >= 0.6 is 0 Å². The highest BCUT2D eigenvalue weighted by Gasteiger charge is 2.44. The van der Waals surface area contributed by atoms with Gasteiger partial charge >= 0.3 is 6.09 Å². The van der Waals surface area contributed by atoms with E-state index in [-0.39, 0.29) is 60.6 Å². The Kier molecular flexibility index (Phi) is 9.00. The minimum Gasteiger partial charge on any atom is -0.443 e. The lowest BCUT2D eigenvalue weighted by Gasteiger charge is -2.31. The number of rotatable bonds is 11. The number of amides is 2. The van der Waals surface area contributed by atoms with Crippen LogP contribution in [0.2, 0.25) is 0 Å². The monoisotopic (exact) mass is 599 g/mol. The molecule has 12 heteroatoms. The summed E-state index contributed by atoms with van der Waals surface area (Å²) in [7, 11) is -4.10. The minimum absolute atomic E-state index is 0.0201. The number of hydrogen-bond donors (Lipinski definition) is 3. The van der Waals surface area contributed by atoms with Crippen molar-refractivity contribution in [3.63, 3.8) is 0 Å². The molecular formula is C30H37N3O8S. The summed E-state index contributed by atoms with van der Waals surface area (Å²) in [4.78, 5) is 25.0. The van der Waals surface area contributed by atoms with Crippen molar-refractivity contribution in [3.05, 3.63) is 66.2 Å². The summed E-state index contributed by atoms with van der Waals surface area (Å²) in [5.74, 6) is -0.487. The molecule has 0 spiro atoms. The van der Waals surface area contributed by atoms with Crippen LogP contribution in [0.15, 0.2) is 60.0 Å². The number of carbonyl (C=O) groups is 2. The van der Waals surface area contributed by atoms with Gasteiger partial charge in [0.15, 0.2) is 6.29 Å². The van der Waals surface area contributed by atoms with E-state index in [0.717, 1.165) is 12.0 Å². The van der Waals surface area contributed by atoms with Gasteiger partial charge in [-0.2, -0.15) is 4.31 Å². The number of sulfonamides is 1. The van der Waals surface area contributed by atoms with Gasteiger partial charge in [0.2, 0.25) is 10.0 Å². The van der Waals surface area contributed by atoms with Crippen LogP contribution in [0.1, 0.15) is 31.4 Å². The molecule has 11 nitrogen and oxygen atoms in total. The first kappa shape index (κ1) is 30.2. The van der Waals surface area contributed by atoms with Crippen molar-refractivity contribution in [3.8, 4) is 0 Å². The van der Waals surface area contributed by atoms with E-state index in [1.54, 1.807) is 0 Å². The van der Waals surface area contributed by atoms with Gasteiger partial charge in [-0.1, -0.05) is 50.8 Å². The highest BCUT2D eigenvalue weighted by molar-refractivity contribution is 7.89. The summed E-state index contributed by atoms with van der Waals surface area (Å²) < 4.78 is 45.7. The third-order valence-corrected chi connectivity index (χ3v) is 9.57. The highest BCUT2D eigenvalue weighted by atomic mass is 32.2. The number of fused-ring (bicyclic) bond motifs is 2. The predicted molar refractivity (Wildman–Crippen MR) is 155 cm³/mol. The maximum atomic E-state index is 13.9. The number of hydrogen-bond acceptors (Lipinski definition) is 8. The van der Waals surface area contributed by atoms with E-state index in [1.807, 2.05) is 44.2 Å². The number of aliphatic hydroxyl groups excluding tert-OH is 1. The molecule has 2 aromatic rings. The van der Waals surface area contributed by atoms with Crippen molar-refractivity contribution in [2.75, 3.05) is 31.6 Å². The van der Waals surface area contributed by atoms with E-state index in [0.29, 0.717) is 17.9 Å². The van der Waals surface area contributed by atoms with Crippen LogP contribution in [0, 0.1) is 11.8 Å². The summed E-state index contributed by atoms with van der Waals surface area (Å²) in [5.41, 5.74) is 1.95. The third-order valence-electron chi connectivity index (χ3n) is 7.75. The fourth-order valence-corrected chi connectivity index (χ4v) is 7.20. The number of ether oxygens (including phenoxy) is 3. The van der Waals surface area contributed by atoms with Crippen LogP contribution in [0.3, 0.4) is 0 Å². The molecule has 0 aromatic heterocycles.